The predicted octanol–water partition coefficient (Wildman–Crippen LogP) is 5.11. The number of aryl methyl sites for hydroxylation is 1. The van der Waals surface area contributed by atoms with Crippen LogP contribution in [0.1, 0.15) is 11.1 Å². The molecule has 0 aliphatic heterocycles. The average Bonchev–Trinajstić information content (AvgIpc) is 3.55. The molecule has 0 aliphatic carbocycles. The first kappa shape index (κ1) is 19.2. The molecule has 0 atom stereocenters. The molecule has 0 radical (unpaired) electrons. The largest absolute Gasteiger partial charge is 0.366 e. The van der Waals surface area contributed by atoms with Gasteiger partial charge in [0.25, 0.3) is 0 Å². The Morgan fingerprint density at radius 3 is 2.70 bits per heavy atom. The molecule has 0 unspecified atom stereocenters. The van der Waals surface area contributed by atoms with Crippen molar-refractivity contribution in [1.29, 1.82) is 0 Å². The van der Waals surface area contributed by atoms with Crippen LogP contribution in [0.25, 0.3) is 38.9 Å². The third-order valence-electron chi connectivity index (χ3n) is 5.97. The Hall–Kier alpha value is -4.52. The Bertz CT molecular complexity index is 1650. The van der Waals surface area contributed by atoms with Crippen LogP contribution in [0.3, 0.4) is 0 Å². The van der Waals surface area contributed by atoms with E-state index in [9.17, 15) is 4.79 Å². The second-order valence-electron chi connectivity index (χ2n) is 8.21. The zero-order chi connectivity index (χ0) is 22.4. The fourth-order valence-electron chi connectivity index (χ4n) is 4.26. The minimum atomic E-state index is -0.201. The molecule has 0 aliphatic rings. The number of imidazole rings is 2. The quantitative estimate of drug-likeness (QED) is 0.304. The molecule has 6 rings (SSSR count). The molecule has 0 amide bonds. The number of aromatic amines is 3. The summed E-state index contributed by atoms with van der Waals surface area (Å²) in [6.45, 7) is 2.63. The second kappa shape index (κ2) is 7.56. The SMILES string of the molecule is Cc1ccc(-c2c(NCc3ccc4[nH]ccc4c3)[nH]c(=O)n2-c2ccc3nc[nH]c3c2)cc1. The third kappa shape index (κ3) is 3.40. The average molecular weight is 435 g/mol. The minimum Gasteiger partial charge on any atom is -0.366 e. The van der Waals surface area contributed by atoms with Gasteiger partial charge in [0.15, 0.2) is 0 Å². The van der Waals surface area contributed by atoms with Crippen molar-refractivity contribution in [3.63, 3.8) is 0 Å². The maximum Gasteiger partial charge on any atom is 0.332 e. The molecule has 0 saturated carbocycles. The number of rotatable bonds is 5. The number of aromatic nitrogens is 5. The molecule has 7 nitrogen and oxygen atoms in total. The number of H-pyrrole nitrogens is 3. The van der Waals surface area contributed by atoms with Gasteiger partial charge in [0.05, 0.1) is 28.7 Å². The second-order valence-corrected chi connectivity index (χ2v) is 8.21. The van der Waals surface area contributed by atoms with E-state index in [0.29, 0.717) is 12.4 Å². The van der Waals surface area contributed by atoms with Crippen molar-refractivity contribution >= 4 is 27.8 Å². The fraction of sp³-hybridized carbons (Fsp3) is 0.0769. The Morgan fingerprint density at radius 1 is 0.939 bits per heavy atom. The van der Waals surface area contributed by atoms with Crippen LogP contribution in [0.4, 0.5) is 5.82 Å². The first-order valence-electron chi connectivity index (χ1n) is 10.8. The molecule has 3 aromatic carbocycles. The number of fused-ring (bicyclic) bond motifs is 2. The molecular weight excluding hydrogens is 412 g/mol. The van der Waals surface area contributed by atoms with E-state index in [4.69, 9.17) is 0 Å². The van der Waals surface area contributed by atoms with Crippen LogP contribution in [0, 0.1) is 6.92 Å². The van der Waals surface area contributed by atoms with Gasteiger partial charge in [0, 0.05) is 23.8 Å². The zero-order valence-electron chi connectivity index (χ0n) is 18.0. The fourth-order valence-corrected chi connectivity index (χ4v) is 4.26. The maximum atomic E-state index is 13.2. The normalized spacial score (nSPS) is 11.4. The molecule has 0 bridgehead atoms. The van der Waals surface area contributed by atoms with E-state index < -0.39 is 0 Å². The van der Waals surface area contributed by atoms with Gasteiger partial charge in [-0.15, -0.1) is 0 Å². The monoisotopic (exact) mass is 434 g/mol. The van der Waals surface area contributed by atoms with Gasteiger partial charge in [-0.2, -0.15) is 0 Å². The third-order valence-corrected chi connectivity index (χ3v) is 5.97. The molecule has 0 saturated heterocycles. The van der Waals surface area contributed by atoms with Crippen LogP contribution in [0.2, 0.25) is 0 Å². The van der Waals surface area contributed by atoms with Crippen molar-refractivity contribution in [2.24, 2.45) is 0 Å². The lowest BCUT2D eigenvalue weighted by molar-refractivity contribution is 0.994. The summed E-state index contributed by atoms with van der Waals surface area (Å²) in [7, 11) is 0. The molecule has 7 heteroatoms. The van der Waals surface area contributed by atoms with Crippen molar-refractivity contribution in [2.45, 2.75) is 13.5 Å². The zero-order valence-corrected chi connectivity index (χ0v) is 18.0. The Kier molecular flexibility index (Phi) is 4.40. The van der Waals surface area contributed by atoms with Gasteiger partial charge in [-0.3, -0.25) is 9.55 Å². The van der Waals surface area contributed by atoms with Crippen molar-refractivity contribution < 1.29 is 0 Å². The number of hydrogen-bond donors (Lipinski definition) is 4. The van der Waals surface area contributed by atoms with E-state index in [1.54, 1.807) is 10.9 Å². The summed E-state index contributed by atoms with van der Waals surface area (Å²) in [5.74, 6) is 0.683. The lowest BCUT2D eigenvalue weighted by Crippen LogP contribution is -2.15. The molecule has 0 spiro atoms. The van der Waals surface area contributed by atoms with Gasteiger partial charge < -0.3 is 15.3 Å². The number of nitrogens with zero attached hydrogens (tertiary/aromatic N) is 2. The summed E-state index contributed by atoms with van der Waals surface area (Å²) in [6, 6.07) is 22.3. The number of nitrogens with one attached hydrogen (secondary N) is 4. The van der Waals surface area contributed by atoms with Gasteiger partial charge in [-0.25, -0.2) is 9.78 Å². The molecule has 3 heterocycles. The van der Waals surface area contributed by atoms with Gasteiger partial charge in [0.2, 0.25) is 0 Å². The van der Waals surface area contributed by atoms with E-state index in [1.165, 1.54) is 0 Å². The molecular formula is C26H22N6O. The smallest absolute Gasteiger partial charge is 0.332 e. The highest BCUT2D eigenvalue weighted by Gasteiger charge is 2.18. The van der Waals surface area contributed by atoms with Crippen LogP contribution in [0.5, 0.6) is 0 Å². The van der Waals surface area contributed by atoms with Crippen LogP contribution < -0.4 is 11.0 Å². The van der Waals surface area contributed by atoms with Gasteiger partial charge in [-0.05, 0) is 54.3 Å². The standard InChI is InChI=1S/C26H22N6O/c1-16-2-5-18(6-3-16)24-25(28-14-17-4-8-21-19(12-17)10-11-27-21)31-26(33)32(24)20-7-9-22-23(13-20)30-15-29-22/h2-13,15,27-28H,14H2,1H3,(H,29,30)(H,31,33). The minimum absolute atomic E-state index is 0.201. The van der Waals surface area contributed by atoms with Crippen molar-refractivity contribution in [3.8, 4) is 16.9 Å². The van der Waals surface area contributed by atoms with Crippen LogP contribution in [-0.4, -0.2) is 24.5 Å². The van der Waals surface area contributed by atoms with Crippen LogP contribution in [-0.2, 0) is 6.54 Å². The highest BCUT2D eigenvalue weighted by molar-refractivity contribution is 5.81. The summed E-state index contributed by atoms with van der Waals surface area (Å²) < 4.78 is 1.71. The maximum absolute atomic E-state index is 13.2. The van der Waals surface area contributed by atoms with Gasteiger partial charge in [-0.1, -0.05) is 35.9 Å². The Morgan fingerprint density at radius 2 is 1.82 bits per heavy atom. The highest BCUT2D eigenvalue weighted by atomic mass is 16.1. The summed E-state index contributed by atoms with van der Waals surface area (Å²) in [5.41, 5.74) is 7.45. The van der Waals surface area contributed by atoms with Crippen LogP contribution in [0.15, 0.2) is 84.0 Å². The number of anilines is 1. The van der Waals surface area contributed by atoms with Crippen molar-refractivity contribution in [3.05, 3.63) is 101 Å². The van der Waals surface area contributed by atoms with Crippen LogP contribution >= 0.6 is 0 Å². The van der Waals surface area contributed by atoms with Gasteiger partial charge in [0.1, 0.15) is 5.82 Å². The summed E-state index contributed by atoms with van der Waals surface area (Å²) in [5, 5.41) is 4.62. The molecule has 0 fully saturated rings. The predicted molar refractivity (Wildman–Crippen MR) is 132 cm³/mol. The molecule has 6 aromatic rings. The van der Waals surface area contributed by atoms with E-state index in [0.717, 1.165) is 50.0 Å². The Labute approximate surface area is 189 Å². The van der Waals surface area contributed by atoms with E-state index in [1.807, 2.05) is 36.5 Å². The van der Waals surface area contributed by atoms with E-state index >= 15 is 0 Å². The number of benzene rings is 3. The van der Waals surface area contributed by atoms with Gasteiger partial charge >= 0.3 is 5.69 Å². The summed E-state index contributed by atoms with van der Waals surface area (Å²) in [4.78, 5) is 26.8. The molecule has 3 aromatic heterocycles. The summed E-state index contributed by atoms with van der Waals surface area (Å²) in [6.07, 6.45) is 3.59. The first-order chi connectivity index (χ1) is 16.2. The molecule has 162 valence electrons. The topological polar surface area (TPSA) is 94.3 Å². The number of hydrogen-bond acceptors (Lipinski definition) is 3. The lowest BCUT2D eigenvalue weighted by atomic mass is 10.1. The van der Waals surface area contributed by atoms with E-state index in [-0.39, 0.29) is 5.69 Å². The lowest BCUT2D eigenvalue weighted by Gasteiger charge is -2.12. The van der Waals surface area contributed by atoms with E-state index in [2.05, 4.69) is 68.6 Å². The van der Waals surface area contributed by atoms with Crippen molar-refractivity contribution in [2.75, 3.05) is 5.32 Å². The van der Waals surface area contributed by atoms with Crippen molar-refractivity contribution in [1.82, 2.24) is 24.5 Å². The Balaban J connectivity index is 1.45. The molecule has 4 N–H and O–H groups in total. The highest BCUT2D eigenvalue weighted by Crippen LogP contribution is 2.30. The molecule has 33 heavy (non-hydrogen) atoms. The first-order valence-corrected chi connectivity index (χ1v) is 10.8. The summed E-state index contributed by atoms with van der Waals surface area (Å²) >= 11 is 0.